The zero-order valence-corrected chi connectivity index (χ0v) is 26.9. The van der Waals surface area contributed by atoms with E-state index in [1.807, 2.05) is 12.2 Å². The molecule has 0 aromatic heterocycles. The second-order valence-electron chi connectivity index (χ2n) is 9.72. The summed E-state index contributed by atoms with van der Waals surface area (Å²) < 4.78 is 1.42. The molecule has 1 aliphatic carbocycles. The van der Waals surface area contributed by atoms with Gasteiger partial charge >= 0.3 is 99.2 Å². The number of benzene rings is 6. The molecule has 204 valence electrons. The molecule has 0 saturated carbocycles. The van der Waals surface area contributed by atoms with E-state index in [2.05, 4.69) is 152 Å². The van der Waals surface area contributed by atoms with Crippen molar-refractivity contribution in [3.8, 4) is 0 Å². The van der Waals surface area contributed by atoms with Crippen LogP contribution in [0.2, 0.25) is 0 Å². The standard InChI is InChI=1S/C21H13.C13H10.C5H5.2ClH.Zr/c1-2-8-15-14(7-1)13-20-18-11-4-3-9-16(18)17-10-5-6-12-19(17)21(15)20;1-3-7-12(8-4-1)11-13-9-5-2-6-10-13;1-2-4-5-3-1;;;/h1-13H;1-10H;1-3H,4H2;2*1H;/q-1;;-1;;;+2/p-2. The number of halogens is 2. The van der Waals surface area contributed by atoms with Gasteiger partial charge in [0.2, 0.25) is 0 Å². The molecular weight excluding hydrogens is 631 g/mol. The molecule has 0 atom stereocenters. The molecule has 0 nitrogen and oxygen atoms in total. The molecule has 0 bridgehead atoms. The molecule has 0 spiro atoms. The largest absolute Gasteiger partial charge is 0.126 e. The average Bonchev–Trinajstić information content (AvgIpc) is 3.75. The normalized spacial score (nSPS) is 11.3. The summed E-state index contributed by atoms with van der Waals surface area (Å²) >= 11 is 1.46. The number of rotatable bonds is 2. The van der Waals surface area contributed by atoms with Crippen LogP contribution in [0.3, 0.4) is 0 Å². The number of allylic oxidation sites excluding steroid dienone is 4. The van der Waals surface area contributed by atoms with Gasteiger partial charge in [0.15, 0.2) is 0 Å². The first-order valence-electron chi connectivity index (χ1n) is 13.6. The van der Waals surface area contributed by atoms with E-state index in [-0.39, 0.29) is 24.8 Å². The van der Waals surface area contributed by atoms with Gasteiger partial charge in [0.1, 0.15) is 0 Å². The Morgan fingerprint density at radius 1 is 0.548 bits per heavy atom. The van der Waals surface area contributed by atoms with Crippen LogP contribution in [0.1, 0.15) is 17.5 Å². The van der Waals surface area contributed by atoms with Crippen LogP contribution in [0.25, 0.3) is 43.1 Å². The van der Waals surface area contributed by atoms with Crippen molar-refractivity contribution in [2.45, 2.75) is 6.42 Å². The van der Waals surface area contributed by atoms with E-state index in [1.165, 1.54) is 81.7 Å². The van der Waals surface area contributed by atoms with Crippen LogP contribution in [0.4, 0.5) is 0 Å². The van der Waals surface area contributed by atoms with E-state index in [0.717, 1.165) is 6.42 Å². The van der Waals surface area contributed by atoms with Crippen LogP contribution in [0.15, 0.2) is 158 Å². The molecule has 0 amide bonds. The minimum Gasteiger partial charge on any atom is -0.126 e. The molecule has 7 aromatic rings. The van der Waals surface area contributed by atoms with Gasteiger partial charge in [0.25, 0.3) is 0 Å². The predicted molar refractivity (Wildman–Crippen MR) is 170 cm³/mol. The first-order valence-corrected chi connectivity index (χ1v) is 14.8. The van der Waals surface area contributed by atoms with Gasteiger partial charge in [-0.2, -0.15) is 6.08 Å². The van der Waals surface area contributed by atoms with Crippen molar-refractivity contribution in [3.63, 3.8) is 0 Å². The van der Waals surface area contributed by atoms with E-state index in [0.29, 0.717) is 0 Å². The van der Waals surface area contributed by atoms with Gasteiger partial charge in [-0.15, -0.1) is 40.1 Å². The molecule has 0 saturated heterocycles. The minimum atomic E-state index is 0. The maximum atomic E-state index is 2.99. The summed E-state index contributed by atoms with van der Waals surface area (Å²) in [5, 5.41) is 10.8. The number of hydrogen-bond donors (Lipinski definition) is 0. The van der Waals surface area contributed by atoms with E-state index in [4.69, 9.17) is 0 Å². The summed E-state index contributed by atoms with van der Waals surface area (Å²) in [6.07, 6.45) is 10.0. The molecule has 7 aromatic carbocycles. The molecule has 0 unspecified atom stereocenters. The van der Waals surface area contributed by atoms with Gasteiger partial charge < -0.3 is 24.8 Å². The first kappa shape index (κ1) is 31.5. The fourth-order valence-electron chi connectivity index (χ4n) is 5.33. The Hall–Kier alpha value is -3.48. The van der Waals surface area contributed by atoms with Crippen LogP contribution in [-0.2, 0) is 24.2 Å². The fraction of sp³-hybridized carbons (Fsp3) is 0.0256. The third kappa shape index (κ3) is 6.77. The van der Waals surface area contributed by atoms with E-state index < -0.39 is 0 Å². The summed E-state index contributed by atoms with van der Waals surface area (Å²) in [7, 11) is 0. The molecule has 0 heterocycles. The summed E-state index contributed by atoms with van der Waals surface area (Å²) in [6.45, 7) is 0. The Morgan fingerprint density at radius 2 is 1.02 bits per heavy atom. The molecule has 3 heteroatoms. The van der Waals surface area contributed by atoms with Crippen molar-refractivity contribution >= 4 is 46.3 Å². The second-order valence-corrected chi connectivity index (χ2v) is 11.0. The van der Waals surface area contributed by atoms with Crippen molar-refractivity contribution in [2.75, 3.05) is 0 Å². The average molecular weight is 659 g/mol. The quantitative estimate of drug-likeness (QED) is 0.194. The topological polar surface area (TPSA) is 0 Å². The Morgan fingerprint density at radius 3 is 1.55 bits per heavy atom. The van der Waals surface area contributed by atoms with Crippen LogP contribution < -0.4 is 24.8 Å². The first-order chi connectivity index (χ1) is 19.8. The van der Waals surface area contributed by atoms with Crippen molar-refractivity contribution in [2.24, 2.45) is 0 Å². The Balaban J connectivity index is 0.000000168. The van der Waals surface area contributed by atoms with Crippen molar-refractivity contribution < 1.29 is 49.0 Å². The molecule has 42 heavy (non-hydrogen) atoms. The molecule has 0 N–H and O–H groups in total. The summed E-state index contributed by atoms with van der Waals surface area (Å²) in [5.74, 6) is 0. The smallest absolute Gasteiger partial charge is 0.0255 e. The summed E-state index contributed by atoms with van der Waals surface area (Å²) in [5.41, 5.74) is 2.66. The molecule has 0 aliphatic heterocycles. The predicted octanol–water partition coefficient (Wildman–Crippen LogP) is 4.13. The van der Waals surface area contributed by atoms with Gasteiger partial charge in [0, 0.05) is 0 Å². The van der Waals surface area contributed by atoms with Gasteiger partial charge in [-0.3, -0.25) is 6.08 Å². The van der Waals surface area contributed by atoms with Gasteiger partial charge in [0.05, 0.1) is 0 Å². The minimum absolute atomic E-state index is 0. The Labute approximate surface area is 274 Å². The van der Waals surface area contributed by atoms with Crippen LogP contribution in [0.5, 0.6) is 0 Å². The van der Waals surface area contributed by atoms with Crippen molar-refractivity contribution in [1.82, 2.24) is 0 Å². The van der Waals surface area contributed by atoms with Gasteiger partial charge in [-0.25, -0.2) is 12.2 Å². The third-order valence-electron chi connectivity index (χ3n) is 7.21. The zero-order chi connectivity index (χ0) is 27.1. The number of fused-ring (bicyclic) bond motifs is 8. The van der Waals surface area contributed by atoms with Gasteiger partial charge in [-0.05, 0) is 10.8 Å². The molecular formula is C39H28Cl2Zr-2. The van der Waals surface area contributed by atoms with E-state index in [9.17, 15) is 0 Å². The maximum Gasteiger partial charge on any atom is -0.0255 e. The van der Waals surface area contributed by atoms with Crippen LogP contribution >= 0.6 is 0 Å². The molecule has 8 rings (SSSR count). The van der Waals surface area contributed by atoms with Crippen molar-refractivity contribution in [1.29, 1.82) is 0 Å². The maximum absolute atomic E-state index is 2.99. The Kier molecular flexibility index (Phi) is 11.3. The van der Waals surface area contributed by atoms with Gasteiger partial charge in [-0.1, -0.05) is 77.5 Å². The second kappa shape index (κ2) is 15.1. The monoisotopic (exact) mass is 656 g/mol. The third-order valence-corrected chi connectivity index (χ3v) is 8.63. The molecule has 1 aliphatic rings. The summed E-state index contributed by atoms with van der Waals surface area (Å²) in [4.78, 5) is 0. The SMILES string of the molecule is [C-]1=CC=CC1.[Cl-].[Cl-].[Zr+2]=[C](c1ccccc1)c1ccccc1.c1ccc2c(c1)[cH-]c1c3ccccc3c3ccccc3c21. The van der Waals surface area contributed by atoms with Crippen LogP contribution in [0, 0.1) is 6.08 Å². The van der Waals surface area contributed by atoms with Crippen LogP contribution in [-0.4, -0.2) is 3.21 Å². The molecule has 0 radical (unpaired) electrons. The van der Waals surface area contributed by atoms with Crippen molar-refractivity contribution in [3.05, 3.63) is 175 Å². The summed E-state index contributed by atoms with van der Waals surface area (Å²) in [6, 6.07) is 49.6. The fourth-order valence-corrected chi connectivity index (χ4v) is 6.15. The van der Waals surface area contributed by atoms with E-state index in [1.54, 1.807) is 0 Å². The van der Waals surface area contributed by atoms with E-state index >= 15 is 0 Å². The number of hydrogen-bond acceptors (Lipinski definition) is 0. The Bertz CT molecular complexity index is 1930. The zero-order valence-electron chi connectivity index (χ0n) is 23.0. The molecule has 0 fully saturated rings.